The first-order valence-electron chi connectivity index (χ1n) is 8.48. The second-order valence-electron chi connectivity index (χ2n) is 6.01. The van der Waals surface area contributed by atoms with Crippen molar-refractivity contribution in [2.45, 2.75) is 25.6 Å². The fraction of sp³-hybridized carbons (Fsp3) is 0.200. The lowest BCUT2D eigenvalue weighted by Gasteiger charge is -2.13. The fourth-order valence-electron chi connectivity index (χ4n) is 2.56. The number of carbonyl (C=O) groups is 2. The summed E-state index contributed by atoms with van der Waals surface area (Å²) >= 11 is 1.35. The Bertz CT molecular complexity index is 890. The molecule has 0 saturated heterocycles. The van der Waals surface area contributed by atoms with Gasteiger partial charge in [0, 0.05) is 9.75 Å². The summed E-state index contributed by atoms with van der Waals surface area (Å²) in [6, 6.07) is 16.2. The Kier molecular flexibility index (Phi) is 6.05. The highest BCUT2D eigenvalue weighted by Gasteiger charge is 2.18. The molecule has 3 rings (SSSR count). The van der Waals surface area contributed by atoms with E-state index in [4.69, 9.17) is 4.42 Å². The largest absolute Gasteiger partial charge is 0.466 e. The predicted octanol–water partition coefficient (Wildman–Crippen LogP) is 2.92. The molecule has 2 unspecified atom stereocenters. The molecule has 3 aromatic rings. The van der Waals surface area contributed by atoms with Crippen molar-refractivity contribution in [2.24, 2.45) is 0 Å². The minimum atomic E-state index is -0.843. The summed E-state index contributed by atoms with van der Waals surface area (Å²) in [6.45, 7) is 2.03. The second kappa shape index (κ2) is 8.66. The molecule has 2 amide bonds. The molecule has 0 aliphatic heterocycles. The van der Waals surface area contributed by atoms with E-state index in [0.29, 0.717) is 10.6 Å². The number of carbonyl (C=O) groups excluding carboxylic acids is 2. The van der Waals surface area contributed by atoms with Crippen molar-refractivity contribution in [3.8, 4) is 0 Å². The van der Waals surface area contributed by atoms with E-state index in [1.807, 2.05) is 37.3 Å². The van der Waals surface area contributed by atoms with Gasteiger partial charge in [0.05, 0.1) is 18.8 Å². The van der Waals surface area contributed by atoms with Gasteiger partial charge in [-0.2, -0.15) is 0 Å². The first-order chi connectivity index (χ1) is 13.0. The number of benzene rings is 1. The summed E-state index contributed by atoms with van der Waals surface area (Å²) in [5.74, 6) is -0.917. The van der Waals surface area contributed by atoms with Crippen LogP contribution >= 0.6 is 11.3 Å². The normalized spacial score (nSPS) is 13.0. The van der Waals surface area contributed by atoms with Crippen LogP contribution in [0, 0.1) is 0 Å². The number of nitrogens with one attached hydrogen (secondary N) is 2. The number of aliphatic hydroxyl groups excluding tert-OH is 1. The van der Waals surface area contributed by atoms with Crippen LogP contribution in [-0.4, -0.2) is 16.9 Å². The zero-order valence-corrected chi connectivity index (χ0v) is 15.5. The van der Waals surface area contributed by atoms with Crippen LogP contribution < -0.4 is 10.6 Å². The van der Waals surface area contributed by atoms with Crippen LogP contribution in [0.2, 0.25) is 0 Å². The molecule has 140 valence electrons. The van der Waals surface area contributed by atoms with Gasteiger partial charge in [0.25, 0.3) is 0 Å². The molecule has 0 spiro atoms. The van der Waals surface area contributed by atoms with Gasteiger partial charge in [-0.15, -0.1) is 11.3 Å². The number of hydrogen-bond acceptors (Lipinski definition) is 5. The van der Waals surface area contributed by atoms with Crippen LogP contribution in [0.15, 0.2) is 65.3 Å². The van der Waals surface area contributed by atoms with Gasteiger partial charge in [0.1, 0.15) is 11.9 Å². The molecule has 0 fully saturated rings. The van der Waals surface area contributed by atoms with E-state index in [2.05, 4.69) is 10.6 Å². The number of hydrogen-bond donors (Lipinski definition) is 3. The standard InChI is InChI=1S/C20H20N2O4S/c1-13(14-6-3-2-4-7-14)22-20(25)19(24)21-12-15-9-10-17(27-15)18(23)16-8-5-11-26-16/h2-11,13,18,23H,12H2,1H3,(H,21,24)(H,22,25). The van der Waals surface area contributed by atoms with Gasteiger partial charge < -0.3 is 20.2 Å². The Balaban J connectivity index is 1.51. The van der Waals surface area contributed by atoms with Crippen LogP contribution in [0.4, 0.5) is 0 Å². The average Bonchev–Trinajstić information content (AvgIpc) is 3.38. The first kappa shape index (κ1) is 18.9. The van der Waals surface area contributed by atoms with Crippen molar-refractivity contribution in [2.75, 3.05) is 0 Å². The van der Waals surface area contributed by atoms with E-state index in [1.165, 1.54) is 17.6 Å². The molecule has 0 saturated carbocycles. The van der Waals surface area contributed by atoms with Gasteiger partial charge in [0.15, 0.2) is 0 Å². The molecular formula is C20H20N2O4S. The lowest BCUT2D eigenvalue weighted by molar-refractivity contribution is -0.139. The van der Waals surface area contributed by atoms with Crippen molar-refractivity contribution in [3.63, 3.8) is 0 Å². The molecule has 1 aromatic carbocycles. The Morgan fingerprint density at radius 2 is 1.85 bits per heavy atom. The quantitative estimate of drug-likeness (QED) is 0.570. The van der Waals surface area contributed by atoms with Crippen molar-refractivity contribution in [1.29, 1.82) is 0 Å². The highest BCUT2D eigenvalue weighted by atomic mass is 32.1. The number of furan rings is 1. The van der Waals surface area contributed by atoms with Gasteiger partial charge in [-0.05, 0) is 36.8 Å². The van der Waals surface area contributed by atoms with Crippen molar-refractivity contribution in [1.82, 2.24) is 10.6 Å². The van der Waals surface area contributed by atoms with Gasteiger partial charge in [-0.25, -0.2) is 0 Å². The zero-order chi connectivity index (χ0) is 19.2. The van der Waals surface area contributed by atoms with Crippen molar-refractivity contribution >= 4 is 23.2 Å². The maximum atomic E-state index is 12.0. The van der Waals surface area contributed by atoms with E-state index in [-0.39, 0.29) is 12.6 Å². The average molecular weight is 384 g/mol. The van der Waals surface area contributed by atoms with Crippen LogP contribution in [0.25, 0.3) is 0 Å². The SMILES string of the molecule is CC(NC(=O)C(=O)NCc1ccc(C(O)c2ccco2)s1)c1ccccc1. The molecule has 0 radical (unpaired) electrons. The first-order valence-corrected chi connectivity index (χ1v) is 9.30. The number of aliphatic hydroxyl groups is 1. The smallest absolute Gasteiger partial charge is 0.309 e. The van der Waals surface area contributed by atoms with E-state index in [9.17, 15) is 14.7 Å². The molecule has 6 nitrogen and oxygen atoms in total. The molecule has 0 aliphatic rings. The summed E-state index contributed by atoms with van der Waals surface area (Å²) < 4.78 is 5.20. The highest BCUT2D eigenvalue weighted by molar-refractivity contribution is 7.12. The summed E-state index contributed by atoms with van der Waals surface area (Å²) in [5.41, 5.74) is 0.925. The summed E-state index contributed by atoms with van der Waals surface area (Å²) in [6.07, 6.45) is 0.659. The Morgan fingerprint density at radius 3 is 2.56 bits per heavy atom. The number of amides is 2. The number of rotatable bonds is 6. The number of thiophene rings is 1. The van der Waals surface area contributed by atoms with E-state index >= 15 is 0 Å². The van der Waals surface area contributed by atoms with Gasteiger partial charge in [-0.1, -0.05) is 30.3 Å². The van der Waals surface area contributed by atoms with Gasteiger partial charge in [-0.3, -0.25) is 9.59 Å². The Hall–Kier alpha value is -2.90. The van der Waals surface area contributed by atoms with Crippen molar-refractivity contribution < 1.29 is 19.1 Å². The van der Waals surface area contributed by atoms with Gasteiger partial charge in [0.2, 0.25) is 0 Å². The van der Waals surface area contributed by atoms with Crippen molar-refractivity contribution in [3.05, 3.63) is 81.9 Å². The molecule has 2 atom stereocenters. The molecule has 2 heterocycles. The Morgan fingerprint density at radius 1 is 1.07 bits per heavy atom. The van der Waals surface area contributed by atoms with Crippen LogP contribution in [-0.2, 0) is 16.1 Å². The van der Waals surface area contributed by atoms with E-state index < -0.39 is 17.9 Å². The molecule has 2 aromatic heterocycles. The molecule has 27 heavy (non-hydrogen) atoms. The third-order valence-corrected chi connectivity index (χ3v) is 5.18. The summed E-state index contributed by atoms with van der Waals surface area (Å²) in [4.78, 5) is 25.6. The maximum absolute atomic E-state index is 12.0. The van der Waals surface area contributed by atoms with Gasteiger partial charge >= 0.3 is 11.8 Å². The molecular weight excluding hydrogens is 364 g/mol. The van der Waals surface area contributed by atoms with E-state index in [0.717, 1.165) is 10.4 Å². The lowest BCUT2D eigenvalue weighted by Crippen LogP contribution is -2.40. The molecule has 0 bridgehead atoms. The Labute approximate surface area is 160 Å². The highest BCUT2D eigenvalue weighted by Crippen LogP contribution is 2.28. The third-order valence-electron chi connectivity index (χ3n) is 4.04. The second-order valence-corrected chi connectivity index (χ2v) is 7.21. The minimum absolute atomic E-state index is 0.210. The summed E-state index contributed by atoms with van der Waals surface area (Å²) in [5, 5.41) is 15.5. The van der Waals surface area contributed by atoms with Crippen LogP contribution in [0.3, 0.4) is 0 Å². The third kappa shape index (κ3) is 4.84. The molecule has 3 N–H and O–H groups in total. The van der Waals surface area contributed by atoms with Crippen LogP contribution in [0.1, 0.15) is 40.1 Å². The topological polar surface area (TPSA) is 91.6 Å². The fourth-order valence-corrected chi connectivity index (χ4v) is 3.51. The molecule has 7 heteroatoms. The summed E-state index contributed by atoms with van der Waals surface area (Å²) in [7, 11) is 0. The minimum Gasteiger partial charge on any atom is -0.466 e. The zero-order valence-electron chi connectivity index (χ0n) is 14.7. The molecule has 0 aliphatic carbocycles. The van der Waals surface area contributed by atoms with Crippen LogP contribution in [0.5, 0.6) is 0 Å². The van der Waals surface area contributed by atoms with E-state index in [1.54, 1.807) is 24.3 Å². The lowest BCUT2D eigenvalue weighted by atomic mass is 10.1. The maximum Gasteiger partial charge on any atom is 0.309 e. The predicted molar refractivity (Wildman–Crippen MR) is 102 cm³/mol. The monoisotopic (exact) mass is 384 g/mol.